The topological polar surface area (TPSA) is 111 Å². The second kappa shape index (κ2) is 12.8. The highest BCUT2D eigenvalue weighted by atomic mass is 16.5. The zero-order valence-corrected chi connectivity index (χ0v) is 24.1. The van der Waals surface area contributed by atoms with Crippen LogP contribution < -0.4 is 10.6 Å². The average Bonchev–Trinajstić information content (AvgIpc) is 3.30. The summed E-state index contributed by atoms with van der Waals surface area (Å²) < 4.78 is 5.66. The Morgan fingerprint density at radius 1 is 0.929 bits per heavy atom. The number of carbonyl (C=O) groups is 3. The Hall–Kier alpha value is -4.21. The normalized spacial score (nSPS) is 16.7. The molecule has 1 unspecified atom stereocenters. The number of aliphatic carboxylic acids is 1. The summed E-state index contributed by atoms with van der Waals surface area (Å²) in [6.07, 6.45) is -0.193. The van der Waals surface area contributed by atoms with Gasteiger partial charge in [-0.2, -0.15) is 0 Å². The predicted molar refractivity (Wildman–Crippen MR) is 160 cm³/mol. The number of likely N-dealkylation sites (tertiary alicyclic amines) is 1. The number of hydrogen-bond acceptors (Lipinski definition) is 6. The Balaban J connectivity index is 1.21. The molecular weight excluding hydrogens is 532 g/mol. The number of likely N-dealkylation sites (N-methyl/N-ethyl adjacent to an activating group) is 1. The second-order valence-electron chi connectivity index (χ2n) is 11.4. The van der Waals surface area contributed by atoms with E-state index in [-0.39, 0.29) is 31.9 Å². The fourth-order valence-electron chi connectivity index (χ4n) is 5.99. The molecule has 1 aliphatic heterocycles. The van der Waals surface area contributed by atoms with Crippen LogP contribution in [0.25, 0.3) is 11.1 Å². The summed E-state index contributed by atoms with van der Waals surface area (Å²) in [4.78, 5) is 42.9. The number of fused-ring (bicyclic) bond motifs is 3. The van der Waals surface area contributed by atoms with Crippen molar-refractivity contribution < 1.29 is 24.2 Å². The Labute approximate surface area is 246 Å². The van der Waals surface area contributed by atoms with Gasteiger partial charge in [0.15, 0.2) is 0 Å². The zero-order valence-electron chi connectivity index (χ0n) is 24.1. The molecule has 0 bridgehead atoms. The van der Waals surface area contributed by atoms with Gasteiger partial charge >= 0.3 is 12.1 Å². The van der Waals surface area contributed by atoms with Gasteiger partial charge in [-0.25, -0.2) is 9.59 Å². The molecule has 3 N–H and O–H groups in total. The van der Waals surface area contributed by atoms with Crippen molar-refractivity contribution in [1.82, 2.24) is 20.4 Å². The number of rotatable bonds is 10. The van der Waals surface area contributed by atoms with E-state index in [9.17, 15) is 19.5 Å². The Kier molecular flexibility index (Phi) is 8.89. The number of nitrogens with zero attached hydrogens (tertiary/aromatic N) is 2. The highest BCUT2D eigenvalue weighted by Crippen LogP contribution is 2.44. The summed E-state index contributed by atoms with van der Waals surface area (Å²) in [5.41, 5.74) is 4.19. The number of nitrogens with one attached hydrogen (secondary N) is 2. The molecule has 0 radical (unpaired) electrons. The van der Waals surface area contributed by atoms with Crippen LogP contribution in [0.5, 0.6) is 0 Å². The van der Waals surface area contributed by atoms with Crippen LogP contribution in [-0.2, 0) is 20.9 Å². The van der Waals surface area contributed by atoms with Gasteiger partial charge in [0.05, 0.1) is 0 Å². The van der Waals surface area contributed by atoms with Crippen LogP contribution in [0, 0.1) is 0 Å². The first-order chi connectivity index (χ1) is 20.3. The largest absolute Gasteiger partial charge is 0.480 e. The van der Waals surface area contributed by atoms with E-state index in [2.05, 4.69) is 27.7 Å². The number of alkyl carbamates (subject to hydrolysis) is 1. The van der Waals surface area contributed by atoms with Crippen molar-refractivity contribution >= 4 is 18.0 Å². The molecule has 0 spiro atoms. The molecule has 1 atom stereocenters. The van der Waals surface area contributed by atoms with E-state index >= 15 is 0 Å². The summed E-state index contributed by atoms with van der Waals surface area (Å²) in [5.74, 6) is -1.73. The molecular formula is C33H38N4O5. The molecule has 9 nitrogen and oxygen atoms in total. The lowest BCUT2D eigenvalue weighted by molar-refractivity contribution is -0.150. The zero-order chi connectivity index (χ0) is 29.7. The SMILES string of the molecule is CN(C)CC(NC(=O)OCC1c2ccccc2-c2ccccc21)C(=O)NC1(C(=O)O)CCN(Cc2ccccc2)CC1. The van der Waals surface area contributed by atoms with Gasteiger partial charge in [-0.05, 0) is 54.8 Å². The van der Waals surface area contributed by atoms with Gasteiger partial charge in [-0.15, -0.1) is 0 Å². The molecule has 1 saturated heterocycles. The second-order valence-corrected chi connectivity index (χ2v) is 11.4. The Morgan fingerprint density at radius 3 is 2.07 bits per heavy atom. The van der Waals surface area contributed by atoms with E-state index in [0.29, 0.717) is 13.1 Å². The summed E-state index contributed by atoms with van der Waals surface area (Å²) in [5, 5.41) is 15.6. The molecule has 5 rings (SSSR count). The van der Waals surface area contributed by atoms with Crippen molar-refractivity contribution in [3.8, 4) is 11.1 Å². The van der Waals surface area contributed by atoms with Crippen molar-refractivity contribution in [1.29, 1.82) is 0 Å². The number of hydrogen-bond donors (Lipinski definition) is 3. The average molecular weight is 571 g/mol. The molecule has 2 amide bonds. The van der Waals surface area contributed by atoms with Crippen LogP contribution in [0.2, 0.25) is 0 Å². The maximum atomic E-state index is 13.5. The molecule has 1 fully saturated rings. The first-order valence-corrected chi connectivity index (χ1v) is 14.3. The molecule has 0 saturated carbocycles. The number of ether oxygens (including phenoxy) is 1. The van der Waals surface area contributed by atoms with E-state index in [1.807, 2.05) is 66.7 Å². The minimum absolute atomic E-state index is 0.111. The molecule has 3 aromatic rings. The lowest BCUT2D eigenvalue weighted by atomic mass is 9.87. The van der Waals surface area contributed by atoms with Crippen LogP contribution in [0.1, 0.15) is 35.4 Å². The summed E-state index contributed by atoms with van der Waals surface area (Å²) in [7, 11) is 3.57. The standard InChI is InChI=1S/C33H38N4O5/c1-36(2)21-29(30(38)35-33(31(39)40)16-18-37(19-17-33)20-23-10-4-3-5-11-23)34-32(41)42-22-28-26-14-8-6-12-24(26)25-13-7-9-15-27(25)28/h3-15,28-29H,16-22H2,1-2H3,(H,34,41)(H,35,38)(H,39,40). The molecule has 42 heavy (non-hydrogen) atoms. The van der Waals surface area contributed by atoms with Gasteiger partial charge in [0.2, 0.25) is 5.91 Å². The molecule has 9 heteroatoms. The minimum atomic E-state index is -1.41. The van der Waals surface area contributed by atoms with E-state index in [1.165, 1.54) is 0 Å². The van der Waals surface area contributed by atoms with Gasteiger partial charge in [0, 0.05) is 32.1 Å². The molecule has 2 aliphatic rings. The van der Waals surface area contributed by atoms with Crippen molar-refractivity contribution in [2.45, 2.75) is 36.9 Å². The minimum Gasteiger partial charge on any atom is -0.480 e. The Morgan fingerprint density at radius 2 is 1.50 bits per heavy atom. The summed E-state index contributed by atoms with van der Waals surface area (Å²) in [6, 6.07) is 25.2. The van der Waals surface area contributed by atoms with Crippen LogP contribution >= 0.6 is 0 Å². The van der Waals surface area contributed by atoms with E-state index in [0.717, 1.165) is 34.4 Å². The van der Waals surface area contributed by atoms with Crippen LogP contribution in [0.15, 0.2) is 78.9 Å². The van der Waals surface area contributed by atoms with Crippen molar-refractivity contribution in [2.75, 3.05) is 40.3 Å². The molecule has 1 aliphatic carbocycles. The van der Waals surface area contributed by atoms with Gasteiger partial charge in [-0.1, -0.05) is 78.9 Å². The van der Waals surface area contributed by atoms with Crippen molar-refractivity contribution in [3.63, 3.8) is 0 Å². The van der Waals surface area contributed by atoms with Crippen LogP contribution in [-0.4, -0.2) is 84.8 Å². The van der Waals surface area contributed by atoms with Crippen molar-refractivity contribution in [3.05, 3.63) is 95.6 Å². The third-order valence-corrected chi connectivity index (χ3v) is 8.23. The van der Waals surface area contributed by atoms with Gasteiger partial charge < -0.3 is 25.4 Å². The van der Waals surface area contributed by atoms with Crippen LogP contribution in [0.3, 0.4) is 0 Å². The third-order valence-electron chi connectivity index (χ3n) is 8.23. The van der Waals surface area contributed by atoms with Gasteiger partial charge in [-0.3, -0.25) is 9.69 Å². The number of piperidine rings is 1. The quantitative estimate of drug-likeness (QED) is 0.341. The third kappa shape index (κ3) is 6.48. The highest BCUT2D eigenvalue weighted by molar-refractivity contribution is 5.91. The van der Waals surface area contributed by atoms with Crippen LogP contribution in [0.4, 0.5) is 4.79 Å². The molecule has 3 aromatic carbocycles. The van der Waals surface area contributed by atoms with E-state index in [4.69, 9.17) is 4.74 Å². The van der Waals surface area contributed by atoms with Crippen molar-refractivity contribution in [2.24, 2.45) is 0 Å². The van der Waals surface area contributed by atoms with E-state index < -0.39 is 29.6 Å². The molecule has 220 valence electrons. The fraction of sp³-hybridized carbons (Fsp3) is 0.364. The summed E-state index contributed by atoms with van der Waals surface area (Å²) in [6.45, 7) is 2.08. The number of carboxylic acid groups (broad SMARTS) is 1. The lowest BCUT2D eigenvalue weighted by Crippen LogP contribution is -2.64. The lowest BCUT2D eigenvalue weighted by Gasteiger charge is -2.40. The fourth-order valence-corrected chi connectivity index (χ4v) is 5.99. The summed E-state index contributed by atoms with van der Waals surface area (Å²) >= 11 is 0. The number of amides is 2. The first kappa shape index (κ1) is 29.3. The number of carbonyl (C=O) groups excluding carboxylic acids is 2. The smallest absolute Gasteiger partial charge is 0.407 e. The first-order valence-electron chi connectivity index (χ1n) is 14.3. The molecule has 0 aromatic heterocycles. The highest BCUT2D eigenvalue weighted by Gasteiger charge is 2.44. The maximum absolute atomic E-state index is 13.5. The predicted octanol–water partition coefficient (Wildman–Crippen LogP) is 3.69. The monoisotopic (exact) mass is 570 g/mol. The Bertz CT molecular complexity index is 1370. The van der Waals surface area contributed by atoms with Gasteiger partial charge in [0.1, 0.15) is 18.2 Å². The number of carboxylic acids is 1. The van der Waals surface area contributed by atoms with Gasteiger partial charge in [0.25, 0.3) is 0 Å². The number of benzene rings is 3. The van der Waals surface area contributed by atoms with E-state index in [1.54, 1.807) is 19.0 Å². The maximum Gasteiger partial charge on any atom is 0.407 e. The molecule has 1 heterocycles.